The molecule has 24 heavy (non-hydrogen) atoms. The fourth-order valence-electron chi connectivity index (χ4n) is 1.88. The van der Waals surface area contributed by atoms with Crippen molar-refractivity contribution in [1.29, 1.82) is 5.26 Å². The van der Waals surface area contributed by atoms with Gasteiger partial charge in [0.15, 0.2) is 12.1 Å². The summed E-state index contributed by atoms with van der Waals surface area (Å²) in [5, 5.41) is 10.7. The smallest absolute Gasteiger partial charge is 0.313 e. The van der Waals surface area contributed by atoms with E-state index in [1.54, 1.807) is 6.07 Å². The van der Waals surface area contributed by atoms with Crippen molar-refractivity contribution in [2.45, 2.75) is 12.7 Å². The zero-order valence-electron chi connectivity index (χ0n) is 11.8. The fourth-order valence-corrected chi connectivity index (χ4v) is 1.88. The lowest BCUT2D eigenvalue weighted by Crippen LogP contribution is -2.16. The monoisotopic (exact) mass is 340 g/mol. The van der Waals surface area contributed by atoms with Gasteiger partial charge in [0.2, 0.25) is 0 Å². The molecule has 2 rings (SSSR count). The van der Waals surface area contributed by atoms with Crippen molar-refractivity contribution < 1.29 is 27.2 Å². The number of rotatable bonds is 4. The Kier molecular flexibility index (Phi) is 4.64. The van der Waals surface area contributed by atoms with E-state index >= 15 is 0 Å². The van der Waals surface area contributed by atoms with Crippen LogP contribution in [0, 0.1) is 17.1 Å². The highest BCUT2D eigenvalue weighted by atomic mass is 19.4. The van der Waals surface area contributed by atoms with Crippen LogP contribution in [0.2, 0.25) is 0 Å². The molecule has 0 fully saturated rings. The molecule has 0 atom stereocenters. The third kappa shape index (κ3) is 3.57. The zero-order valence-corrected chi connectivity index (χ0v) is 11.8. The second-order valence-corrected chi connectivity index (χ2v) is 4.56. The first-order chi connectivity index (χ1) is 11.3. The molecule has 1 aromatic heterocycles. The maximum Gasteiger partial charge on any atom is 0.416 e. The summed E-state index contributed by atoms with van der Waals surface area (Å²) in [6.07, 6.45) is -3.39. The quantitative estimate of drug-likeness (QED) is 0.685. The average molecular weight is 340 g/mol. The van der Waals surface area contributed by atoms with Gasteiger partial charge in [0.1, 0.15) is 18.1 Å². The van der Waals surface area contributed by atoms with E-state index in [1.807, 2.05) is 0 Å². The third-order valence-corrected chi connectivity index (χ3v) is 2.95. The van der Waals surface area contributed by atoms with Crippen molar-refractivity contribution in [1.82, 2.24) is 9.55 Å². The van der Waals surface area contributed by atoms with Crippen molar-refractivity contribution in [2.24, 2.45) is 0 Å². The molecule has 0 spiro atoms. The van der Waals surface area contributed by atoms with Crippen LogP contribution in [0.5, 0.6) is 0 Å². The molecule has 1 amide bonds. The Labute approximate surface area is 132 Å². The van der Waals surface area contributed by atoms with Crippen LogP contribution in [0.3, 0.4) is 0 Å². The van der Waals surface area contributed by atoms with Gasteiger partial charge >= 0.3 is 6.18 Å². The van der Waals surface area contributed by atoms with Crippen molar-refractivity contribution in [2.75, 3.05) is 5.32 Å². The van der Waals surface area contributed by atoms with E-state index in [4.69, 9.17) is 5.26 Å². The summed E-state index contributed by atoms with van der Waals surface area (Å²) in [5.41, 5.74) is -2.05. The number of hydrogen-bond acceptors (Lipinski definition) is 4. The second kappa shape index (κ2) is 6.49. The molecular formula is C14H8F4N4O2. The summed E-state index contributed by atoms with van der Waals surface area (Å²) in [6.45, 7) is -0.213. The lowest BCUT2D eigenvalue weighted by Gasteiger charge is -2.09. The molecule has 1 aromatic carbocycles. The number of carbonyl (C=O) groups excluding carboxylic acids is 2. The summed E-state index contributed by atoms with van der Waals surface area (Å²) in [7, 11) is 0. The van der Waals surface area contributed by atoms with Crippen molar-refractivity contribution in [3.05, 3.63) is 47.2 Å². The molecule has 0 saturated heterocycles. The Balaban J connectivity index is 2.33. The van der Waals surface area contributed by atoms with E-state index in [2.05, 4.69) is 10.3 Å². The maximum atomic E-state index is 13.3. The number of carbonyl (C=O) groups is 2. The van der Waals surface area contributed by atoms with E-state index in [9.17, 15) is 27.2 Å². The van der Waals surface area contributed by atoms with Gasteiger partial charge in [-0.1, -0.05) is 0 Å². The Morgan fingerprint density at radius 2 is 2.08 bits per heavy atom. The van der Waals surface area contributed by atoms with Crippen LogP contribution in [0.25, 0.3) is 0 Å². The van der Waals surface area contributed by atoms with E-state index in [1.165, 1.54) is 0 Å². The Bertz CT molecular complexity index is 836. The van der Waals surface area contributed by atoms with Crippen LogP contribution < -0.4 is 5.32 Å². The minimum atomic E-state index is -4.82. The maximum absolute atomic E-state index is 13.3. The van der Waals surface area contributed by atoms with Gasteiger partial charge < -0.3 is 9.88 Å². The van der Waals surface area contributed by atoms with Gasteiger partial charge in [-0.15, -0.1) is 0 Å². The molecule has 0 aliphatic heterocycles. The number of nitriles is 1. The Hall–Kier alpha value is -3.22. The molecule has 0 bridgehead atoms. The largest absolute Gasteiger partial charge is 0.416 e. The first-order valence-electron chi connectivity index (χ1n) is 6.32. The van der Waals surface area contributed by atoms with Gasteiger partial charge in [0.25, 0.3) is 5.91 Å². The Morgan fingerprint density at radius 3 is 2.67 bits per heavy atom. The summed E-state index contributed by atoms with van der Waals surface area (Å²) in [6, 6.07) is 3.12. The number of amides is 1. The number of nitrogens with zero attached hydrogens (tertiary/aromatic N) is 3. The SMILES string of the molecule is N#CCn1cnc(NC(=O)c2cc(F)cc(C(F)(F)F)c2)c1C=O. The molecule has 0 aliphatic rings. The molecule has 0 radical (unpaired) electrons. The number of aromatic nitrogens is 2. The molecule has 2 aromatic rings. The number of imidazole rings is 1. The molecule has 6 nitrogen and oxygen atoms in total. The van der Waals surface area contributed by atoms with Crippen LogP contribution >= 0.6 is 0 Å². The van der Waals surface area contributed by atoms with E-state index < -0.39 is 29.0 Å². The number of aldehydes is 1. The van der Waals surface area contributed by atoms with Gasteiger partial charge in [0, 0.05) is 5.56 Å². The average Bonchev–Trinajstić information content (AvgIpc) is 2.87. The first kappa shape index (κ1) is 17.1. The minimum Gasteiger partial charge on any atom is -0.313 e. The molecule has 124 valence electrons. The van der Waals surface area contributed by atoms with Crippen LogP contribution in [-0.2, 0) is 12.7 Å². The highest BCUT2D eigenvalue weighted by molar-refractivity contribution is 6.05. The molecule has 1 heterocycles. The number of hydrogen-bond donors (Lipinski definition) is 1. The molecule has 1 N–H and O–H groups in total. The number of benzene rings is 1. The molecule has 0 saturated carbocycles. The summed E-state index contributed by atoms with van der Waals surface area (Å²) >= 11 is 0. The summed E-state index contributed by atoms with van der Waals surface area (Å²) in [4.78, 5) is 26.7. The fraction of sp³-hybridized carbons (Fsp3) is 0.143. The normalized spacial score (nSPS) is 11.0. The first-order valence-corrected chi connectivity index (χ1v) is 6.32. The predicted octanol–water partition coefficient (Wildman–Crippen LogP) is 2.63. The van der Waals surface area contributed by atoms with Crippen LogP contribution in [0.4, 0.5) is 23.4 Å². The Morgan fingerprint density at radius 1 is 1.38 bits per heavy atom. The van der Waals surface area contributed by atoms with Crippen LogP contribution in [0.1, 0.15) is 26.4 Å². The number of alkyl halides is 3. The standard InChI is InChI=1S/C14H8F4N4O2/c15-10-4-8(3-9(5-10)14(16,17)18)13(24)21-12-11(6-23)22(2-1-19)7-20-12/h3-7H,2H2,(H,21,24). The number of anilines is 1. The minimum absolute atomic E-state index is 0.141. The lowest BCUT2D eigenvalue weighted by molar-refractivity contribution is -0.137. The van der Waals surface area contributed by atoms with E-state index in [0.29, 0.717) is 18.4 Å². The summed E-state index contributed by atoms with van der Waals surface area (Å²) in [5.74, 6) is -2.56. The van der Waals surface area contributed by atoms with Gasteiger partial charge in [-0.3, -0.25) is 9.59 Å². The van der Waals surface area contributed by atoms with Crippen molar-refractivity contribution in [3.63, 3.8) is 0 Å². The molecular weight excluding hydrogens is 332 g/mol. The zero-order chi connectivity index (χ0) is 17.9. The van der Waals surface area contributed by atoms with E-state index in [-0.39, 0.29) is 24.1 Å². The third-order valence-electron chi connectivity index (χ3n) is 2.95. The van der Waals surface area contributed by atoms with Gasteiger partial charge in [-0.05, 0) is 18.2 Å². The van der Waals surface area contributed by atoms with Crippen molar-refractivity contribution in [3.8, 4) is 6.07 Å². The molecule has 0 aliphatic carbocycles. The van der Waals surface area contributed by atoms with Crippen LogP contribution in [-0.4, -0.2) is 21.7 Å². The highest BCUT2D eigenvalue weighted by Crippen LogP contribution is 2.30. The van der Waals surface area contributed by atoms with Crippen LogP contribution in [0.15, 0.2) is 24.5 Å². The van der Waals surface area contributed by atoms with Crippen molar-refractivity contribution >= 4 is 18.0 Å². The second-order valence-electron chi connectivity index (χ2n) is 4.56. The lowest BCUT2D eigenvalue weighted by atomic mass is 10.1. The topological polar surface area (TPSA) is 87.8 Å². The predicted molar refractivity (Wildman–Crippen MR) is 72.6 cm³/mol. The van der Waals surface area contributed by atoms with Gasteiger partial charge in [0.05, 0.1) is 18.0 Å². The van der Waals surface area contributed by atoms with Gasteiger partial charge in [-0.25, -0.2) is 9.37 Å². The highest BCUT2D eigenvalue weighted by Gasteiger charge is 2.32. The molecule has 10 heteroatoms. The van der Waals surface area contributed by atoms with E-state index in [0.717, 1.165) is 10.9 Å². The summed E-state index contributed by atoms with van der Waals surface area (Å²) < 4.78 is 52.4. The van der Waals surface area contributed by atoms with Gasteiger partial charge in [-0.2, -0.15) is 18.4 Å². The molecule has 0 unspecified atom stereocenters. The number of halogens is 4. The number of nitrogens with one attached hydrogen (secondary N) is 1.